The van der Waals surface area contributed by atoms with E-state index in [-0.39, 0.29) is 0 Å². The lowest BCUT2D eigenvalue weighted by atomic mass is 10.3. The Labute approximate surface area is 112 Å². The minimum atomic E-state index is 0.878. The smallest absolute Gasteiger partial charge is 0.0478 e. The van der Waals surface area contributed by atoms with Gasteiger partial charge >= 0.3 is 0 Å². The molecule has 0 aromatic carbocycles. The van der Waals surface area contributed by atoms with E-state index >= 15 is 0 Å². The van der Waals surface area contributed by atoms with Gasteiger partial charge < -0.3 is 14.6 Å². The summed E-state index contributed by atoms with van der Waals surface area (Å²) >= 11 is 0. The van der Waals surface area contributed by atoms with Gasteiger partial charge in [-0.2, -0.15) is 0 Å². The highest BCUT2D eigenvalue weighted by Crippen LogP contribution is 2.03. The summed E-state index contributed by atoms with van der Waals surface area (Å²) < 4.78 is 7.85. The van der Waals surface area contributed by atoms with E-state index in [1.54, 1.807) is 0 Å². The number of unbranched alkanes of at least 4 members (excludes halogenated alkanes) is 1. The third-order valence-electron chi connectivity index (χ3n) is 2.98. The molecular formula is C15H28N2O. The van der Waals surface area contributed by atoms with Crippen molar-refractivity contribution in [2.45, 2.75) is 52.6 Å². The van der Waals surface area contributed by atoms with Gasteiger partial charge in [0, 0.05) is 38.2 Å². The highest BCUT2D eigenvalue weighted by Gasteiger charge is 1.98. The Morgan fingerprint density at radius 2 is 2.00 bits per heavy atom. The van der Waals surface area contributed by atoms with Crippen molar-refractivity contribution < 1.29 is 4.74 Å². The number of aromatic nitrogens is 1. The molecule has 3 nitrogen and oxygen atoms in total. The van der Waals surface area contributed by atoms with Crippen LogP contribution in [0.3, 0.4) is 0 Å². The van der Waals surface area contributed by atoms with Crippen molar-refractivity contribution in [2.75, 3.05) is 19.8 Å². The van der Waals surface area contributed by atoms with Crippen molar-refractivity contribution in [2.24, 2.45) is 0 Å². The molecule has 0 radical (unpaired) electrons. The maximum atomic E-state index is 5.53. The molecule has 0 aliphatic carbocycles. The summed E-state index contributed by atoms with van der Waals surface area (Å²) in [4.78, 5) is 0. The molecule has 0 unspecified atom stereocenters. The van der Waals surface area contributed by atoms with Gasteiger partial charge in [0.25, 0.3) is 0 Å². The SMILES string of the molecule is CCCCOCCCNCc1cccn1CCC. The molecule has 18 heavy (non-hydrogen) atoms. The highest BCUT2D eigenvalue weighted by atomic mass is 16.5. The zero-order chi connectivity index (χ0) is 13.1. The number of rotatable bonds is 11. The van der Waals surface area contributed by atoms with Gasteiger partial charge in [0.15, 0.2) is 0 Å². The van der Waals surface area contributed by atoms with E-state index in [9.17, 15) is 0 Å². The first-order valence-electron chi connectivity index (χ1n) is 7.31. The van der Waals surface area contributed by atoms with E-state index in [1.807, 2.05) is 0 Å². The number of nitrogens with one attached hydrogen (secondary N) is 1. The van der Waals surface area contributed by atoms with Gasteiger partial charge in [-0.05, 0) is 37.9 Å². The molecule has 0 amide bonds. The molecule has 3 heteroatoms. The molecule has 0 fully saturated rings. The summed E-state index contributed by atoms with van der Waals surface area (Å²) in [7, 11) is 0. The van der Waals surface area contributed by atoms with Crippen molar-refractivity contribution in [3.63, 3.8) is 0 Å². The van der Waals surface area contributed by atoms with Crippen LogP contribution in [0.5, 0.6) is 0 Å². The zero-order valence-electron chi connectivity index (χ0n) is 12.0. The van der Waals surface area contributed by atoms with Crippen LogP contribution in [0.2, 0.25) is 0 Å². The van der Waals surface area contributed by atoms with Crippen LogP contribution in [0.25, 0.3) is 0 Å². The molecule has 1 aromatic rings. The number of hydrogen-bond donors (Lipinski definition) is 1. The third kappa shape index (κ3) is 6.22. The molecular weight excluding hydrogens is 224 g/mol. The fourth-order valence-corrected chi connectivity index (χ4v) is 1.93. The number of hydrogen-bond acceptors (Lipinski definition) is 2. The second-order valence-corrected chi connectivity index (χ2v) is 4.69. The van der Waals surface area contributed by atoms with Gasteiger partial charge in [-0.1, -0.05) is 20.3 Å². The largest absolute Gasteiger partial charge is 0.381 e. The van der Waals surface area contributed by atoms with Crippen LogP contribution >= 0.6 is 0 Å². The van der Waals surface area contributed by atoms with Crippen LogP contribution in [0.15, 0.2) is 18.3 Å². The first-order chi connectivity index (χ1) is 8.88. The van der Waals surface area contributed by atoms with Gasteiger partial charge in [-0.15, -0.1) is 0 Å². The Morgan fingerprint density at radius 3 is 2.78 bits per heavy atom. The summed E-state index contributed by atoms with van der Waals surface area (Å²) in [5, 5.41) is 3.48. The lowest BCUT2D eigenvalue weighted by molar-refractivity contribution is 0.128. The maximum absolute atomic E-state index is 5.53. The maximum Gasteiger partial charge on any atom is 0.0478 e. The van der Waals surface area contributed by atoms with Crippen molar-refractivity contribution >= 4 is 0 Å². The third-order valence-corrected chi connectivity index (χ3v) is 2.98. The molecule has 0 aliphatic rings. The lowest BCUT2D eigenvalue weighted by Gasteiger charge is -2.09. The van der Waals surface area contributed by atoms with Crippen molar-refractivity contribution in [3.05, 3.63) is 24.0 Å². The Balaban J connectivity index is 2.01. The quantitative estimate of drug-likeness (QED) is 0.612. The minimum Gasteiger partial charge on any atom is -0.381 e. The van der Waals surface area contributed by atoms with E-state index in [0.29, 0.717) is 0 Å². The van der Waals surface area contributed by atoms with Gasteiger partial charge in [-0.25, -0.2) is 0 Å². The van der Waals surface area contributed by atoms with E-state index in [4.69, 9.17) is 4.74 Å². The molecule has 1 rings (SSSR count). The van der Waals surface area contributed by atoms with Crippen LogP contribution in [0.1, 0.15) is 45.2 Å². The Morgan fingerprint density at radius 1 is 1.17 bits per heavy atom. The molecule has 1 heterocycles. The first kappa shape index (κ1) is 15.3. The molecule has 0 bridgehead atoms. The fraction of sp³-hybridized carbons (Fsp3) is 0.733. The van der Waals surface area contributed by atoms with E-state index in [1.165, 1.54) is 25.0 Å². The summed E-state index contributed by atoms with van der Waals surface area (Å²) in [5.74, 6) is 0. The summed E-state index contributed by atoms with van der Waals surface area (Å²) in [5.41, 5.74) is 1.38. The molecule has 1 N–H and O–H groups in total. The van der Waals surface area contributed by atoms with Gasteiger partial charge in [0.05, 0.1) is 0 Å². The number of nitrogens with zero attached hydrogens (tertiary/aromatic N) is 1. The topological polar surface area (TPSA) is 26.2 Å². The van der Waals surface area contributed by atoms with Gasteiger partial charge in [0.2, 0.25) is 0 Å². The molecule has 0 saturated heterocycles. The normalized spacial score (nSPS) is 11.0. The fourth-order valence-electron chi connectivity index (χ4n) is 1.93. The highest BCUT2D eigenvalue weighted by molar-refractivity contribution is 5.06. The van der Waals surface area contributed by atoms with Gasteiger partial charge in [-0.3, -0.25) is 0 Å². The second-order valence-electron chi connectivity index (χ2n) is 4.69. The second kappa shape index (κ2) is 10.2. The van der Waals surface area contributed by atoms with Crippen LogP contribution in [0.4, 0.5) is 0 Å². The lowest BCUT2D eigenvalue weighted by Crippen LogP contribution is -2.18. The van der Waals surface area contributed by atoms with Crippen LogP contribution < -0.4 is 5.32 Å². The number of ether oxygens (including phenoxy) is 1. The number of aryl methyl sites for hydroxylation is 1. The molecule has 104 valence electrons. The molecule has 1 aromatic heterocycles. The van der Waals surface area contributed by atoms with Crippen molar-refractivity contribution in [1.29, 1.82) is 0 Å². The zero-order valence-corrected chi connectivity index (χ0v) is 12.0. The van der Waals surface area contributed by atoms with E-state index in [0.717, 1.165) is 39.3 Å². The van der Waals surface area contributed by atoms with Crippen LogP contribution in [-0.4, -0.2) is 24.3 Å². The average Bonchev–Trinajstić information content (AvgIpc) is 2.81. The molecule has 0 atom stereocenters. The predicted molar refractivity (Wildman–Crippen MR) is 76.8 cm³/mol. The minimum absolute atomic E-state index is 0.878. The van der Waals surface area contributed by atoms with Crippen molar-refractivity contribution in [1.82, 2.24) is 9.88 Å². The van der Waals surface area contributed by atoms with Crippen LogP contribution in [-0.2, 0) is 17.8 Å². The van der Waals surface area contributed by atoms with Crippen LogP contribution in [0, 0.1) is 0 Å². The van der Waals surface area contributed by atoms with E-state index in [2.05, 4.69) is 42.1 Å². The summed E-state index contributed by atoms with van der Waals surface area (Å²) in [6.07, 6.45) is 6.84. The Kier molecular flexibility index (Phi) is 8.61. The average molecular weight is 252 g/mol. The Hall–Kier alpha value is -0.800. The first-order valence-corrected chi connectivity index (χ1v) is 7.31. The molecule has 0 spiro atoms. The standard InChI is InChI=1S/C15H28N2O/c1-3-5-12-18-13-7-9-16-14-15-8-6-11-17(15)10-4-2/h6,8,11,16H,3-5,7,9-10,12-14H2,1-2H3. The van der Waals surface area contributed by atoms with E-state index < -0.39 is 0 Å². The predicted octanol–water partition coefficient (Wildman–Crippen LogP) is 3.19. The van der Waals surface area contributed by atoms with Crippen molar-refractivity contribution in [3.8, 4) is 0 Å². The summed E-state index contributed by atoms with van der Waals surface area (Å²) in [6, 6.07) is 4.32. The molecule has 0 saturated carbocycles. The molecule has 0 aliphatic heterocycles. The Bertz CT molecular complexity index is 296. The van der Waals surface area contributed by atoms with Gasteiger partial charge in [0.1, 0.15) is 0 Å². The monoisotopic (exact) mass is 252 g/mol. The summed E-state index contributed by atoms with van der Waals surface area (Å²) in [6.45, 7) is 9.30.